The Hall–Kier alpha value is -1.68. The summed E-state index contributed by atoms with van der Waals surface area (Å²) in [5.41, 5.74) is 1.43. The molecule has 1 fully saturated rings. The summed E-state index contributed by atoms with van der Waals surface area (Å²) in [6, 6.07) is 3.24. The summed E-state index contributed by atoms with van der Waals surface area (Å²) < 4.78 is 2.30. The van der Waals surface area contributed by atoms with Crippen LogP contribution < -0.4 is 37.4 Å². The molecule has 4 heterocycles. The van der Waals surface area contributed by atoms with Gasteiger partial charge in [-0.15, -0.1) is 0 Å². The van der Waals surface area contributed by atoms with Crippen molar-refractivity contribution in [3.05, 3.63) is 45.2 Å². The van der Waals surface area contributed by atoms with Gasteiger partial charge in [-0.2, -0.15) is 0 Å². The number of carbonyl (C=O) groups is 1. The van der Waals surface area contributed by atoms with Gasteiger partial charge in [0.05, 0.1) is 0 Å². The molecule has 1 unspecified atom stereocenters. The van der Waals surface area contributed by atoms with E-state index in [1.165, 1.54) is 6.33 Å². The molecule has 2 aromatic heterocycles. The van der Waals surface area contributed by atoms with Crippen LogP contribution >= 0.6 is 11.6 Å². The van der Waals surface area contributed by atoms with Crippen LogP contribution in [-0.2, 0) is 3.67 Å². The van der Waals surface area contributed by atoms with Crippen molar-refractivity contribution in [2.75, 3.05) is 9.74 Å². The van der Waals surface area contributed by atoms with Crippen molar-refractivity contribution in [2.24, 2.45) is 0 Å². The number of amides is 1. The van der Waals surface area contributed by atoms with E-state index in [4.69, 9.17) is 11.6 Å². The van der Waals surface area contributed by atoms with Gasteiger partial charge in [-0.05, 0) is 0 Å². The van der Waals surface area contributed by atoms with Crippen LogP contribution in [0.4, 0.5) is 11.5 Å². The van der Waals surface area contributed by atoms with Crippen molar-refractivity contribution in [3.63, 3.8) is 0 Å². The number of pyridine rings is 1. The van der Waals surface area contributed by atoms with Gasteiger partial charge in [0.2, 0.25) is 0 Å². The van der Waals surface area contributed by atoms with Crippen LogP contribution in [0.1, 0.15) is 28.9 Å². The number of hydrogen-bond donors (Lipinski definition) is 2. The average Bonchev–Trinajstić information content (AvgIpc) is 3.10. The van der Waals surface area contributed by atoms with E-state index in [1.807, 2.05) is 6.92 Å². The van der Waals surface area contributed by atoms with Crippen LogP contribution in [0, 0.1) is 6.92 Å². The van der Waals surface area contributed by atoms with E-state index in [9.17, 15) is 9.59 Å². The normalized spacial score (nSPS) is 22.2. The SMILES string of the molecule is Cc1cc(Nc2cc(Cl)ncn2)c(=O)n2c1C(=O)NC21CCC[I-]1. The number of carbonyl (C=O) groups excluding carboxylic acids is 1. The molecule has 0 aliphatic carbocycles. The fourth-order valence-corrected chi connectivity index (χ4v) is 6.94. The van der Waals surface area contributed by atoms with E-state index in [1.54, 1.807) is 16.7 Å². The second-order valence-corrected chi connectivity index (χ2v) is 9.73. The fourth-order valence-electron chi connectivity index (χ4n) is 3.14. The number of anilines is 2. The Morgan fingerprint density at radius 3 is 2.92 bits per heavy atom. The first-order valence-electron chi connectivity index (χ1n) is 7.45. The monoisotopic (exact) mass is 458 g/mol. The molecule has 2 aromatic rings. The molecule has 24 heavy (non-hydrogen) atoms. The number of halogens is 2. The number of fused-ring (bicyclic) bond motifs is 2. The van der Waals surface area contributed by atoms with Gasteiger partial charge in [-0.3, -0.25) is 0 Å². The van der Waals surface area contributed by atoms with Gasteiger partial charge in [0, 0.05) is 0 Å². The summed E-state index contributed by atoms with van der Waals surface area (Å²) in [6.07, 6.45) is 3.19. The van der Waals surface area contributed by atoms with E-state index < -0.39 is 3.67 Å². The molecule has 1 spiro atoms. The second kappa shape index (κ2) is 5.69. The number of rotatable bonds is 2. The molecule has 0 radical (unpaired) electrons. The van der Waals surface area contributed by atoms with Crippen molar-refractivity contribution in [1.29, 1.82) is 0 Å². The van der Waals surface area contributed by atoms with Crippen molar-refractivity contribution < 1.29 is 26.0 Å². The Bertz CT molecular complexity index is 907. The predicted octanol–water partition coefficient (Wildman–Crippen LogP) is -1.42. The molecular formula is C15H14ClIN5O2-. The minimum atomic E-state index is -0.478. The quantitative estimate of drug-likeness (QED) is 0.250. The number of aryl methyl sites for hydroxylation is 1. The van der Waals surface area contributed by atoms with E-state index in [0.717, 1.165) is 22.8 Å². The van der Waals surface area contributed by atoms with E-state index in [2.05, 4.69) is 20.6 Å². The second-order valence-electron chi connectivity index (χ2n) is 5.72. The first kappa shape index (κ1) is 15.8. The Morgan fingerprint density at radius 2 is 2.21 bits per heavy atom. The zero-order chi connectivity index (χ0) is 16.9. The fraction of sp³-hybridized carbons (Fsp3) is 0.333. The number of nitrogens with one attached hydrogen (secondary N) is 2. The Morgan fingerprint density at radius 1 is 1.38 bits per heavy atom. The zero-order valence-corrected chi connectivity index (χ0v) is 15.7. The van der Waals surface area contributed by atoms with Gasteiger partial charge in [-0.25, -0.2) is 0 Å². The molecular weight excluding hydrogens is 445 g/mol. The number of aromatic nitrogens is 3. The molecule has 2 aliphatic rings. The van der Waals surface area contributed by atoms with Gasteiger partial charge in [0.25, 0.3) is 0 Å². The first-order valence-corrected chi connectivity index (χ1v) is 10.4. The van der Waals surface area contributed by atoms with Crippen LogP contribution in [-0.4, -0.2) is 24.9 Å². The zero-order valence-electron chi connectivity index (χ0n) is 12.8. The molecule has 1 saturated heterocycles. The van der Waals surface area contributed by atoms with Gasteiger partial charge in [0.1, 0.15) is 0 Å². The van der Waals surface area contributed by atoms with Gasteiger partial charge in [-0.1, -0.05) is 0 Å². The summed E-state index contributed by atoms with van der Waals surface area (Å²) in [5, 5.41) is 6.38. The summed E-state index contributed by atoms with van der Waals surface area (Å²) in [7, 11) is 0. The summed E-state index contributed by atoms with van der Waals surface area (Å²) in [6.45, 7) is 1.84. The average molecular weight is 459 g/mol. The maximum absolute atomic E-state index is 13.1. The third kappa shape index (κ3) is 2.39. The van der Waals surface area contributed by atoms with Crippen LogP contribution in [0.5, 0.6) is 0 Å². The Balaban J connectivity index is 1.85. The van der Waals surface area contributed by atoms with Crippen molar-refractivity contribution >= 4 is 29.0 Å². The maximum atomic E-state index is 13.1. The number of hydrogen-bond acceptors (Lipinski definition) is 5. The van der Waals surface area contributed by atoms with Crippen LogP contribution in [0.2, 0.25) is 5.15 Å². The molecule has 2 N–H and O–H groups in total. The summed E-state index contributed by atoms with van der Waals surface area (Å²) in [5.74, 6) is 0.294. The van der Waals surface area contributed by atoms with Crippen LogP contribution in [0.25, 0.3) is 0 Å². The predicted molar refractivity (Wildman–Crippen MR) is 85.3 cm³/mol. The van der Waals surface area contributed by atoms with Crippen molar-refractivity contribution in [1.82, 2.24) is 19.9 Å². The van der Waals surface area contributed by atoms with Gasteiger partial charge < -0.3 is 0 Å². The molecule has 1 amide bonds. The molecule has 4 rings (SSSR count). The molecule has 1 atom stereocenters. The topological polar surface area (TPSA) is 88.9 Å². The molecule has 0 bridgehead atoms. The third-order valence-electron chi connectivity index (χ3n) is 4.12. The molecule has 0 aromatic carbocycles. The molecule has 2 aliphatic heterocycles. The number of alkyl halides is 2. The third-order valence-corrected chi connectivity index (χ3v) is 8.18. The molecule has 126 valence electrons. The minimum absolute atomic E-state index is 0.150. The molecule has 9 heteroatoms. The van der Waals surface area contributed by atoms with E-state index in [-0.39, 0.29) is 32.7 Å². The van der Waals surface area contributed by atoms with Crippen LogP contribution in [0.3, 0.4) is 0 Å². The Kier molecular flexibility index (Phi) is 3.75. The summed E-state index contributed by atoms with van der Waals surface area (Å²) >= 11 is 5.55. The van der Waals surface area contributed by atoms with Crippen LogP contribution in [0.15, 0.2) is 23.3 Å². The van der Waals surface area contributed by atoms with E-state index >= 15 is 0 Å². The molecule has 7 nitrogen and oxygen atoms in total. The Labute approximate surface area is 153 Å². The van der Waals surface area contributed by atoms with E-state index in [0.29, 0.717) is 22.4 Å². The standard InChI is InChI=1S/C15H14ClIN5O2/c1-8-5-9(20-11-6-10(16)18-7-19-11)14(24)22-12(8)13(23)21-15(22)3-2-4-17-15/h5-7H,2-4H2,1H3,(H,21,23)(H,18,19,20)/q-1. The van der Waals surface area contributed by atoms with Gasteiger partial charge >= 0.3 is 153 Å². The van der Waals surface area contributed by atoms with Crippen molar-refractivity contribution in [3.8, 4) is 0 Å². The first-order chi connectivity index (χ1) is 11.5. The molecule has 0 saturated carbocycles. The van der Waals surface area contributed by atoms with Gasteiger partial charge in [0.15, 0.2) is 0 Å². The van der Waals surface area contributed by atoms with Crippen molar-refractivity contribution in [2.45, 2.75) is 23.4 Å². The summed E-state index contributed by atoms with van der Waals surface area (Å²) in [4.78, 5) is 33.4. The number of nitrogens with zero attached hydrogens (tertiary/aromatic N) is 3.